The number of rotatable bonds is 3. The van der Waals surface area contributed by atoms with E-state index in [4.69, 9.17) is 0 Å². The number of piperazine rings is 1. The van der Waals surface area contributed by atoms with Crippen molar-refractivity contribution < 1.29 is 10.0 Å². The van der Waals surface area contributed by atoms with Gasteiger partial charge in [-0.1, -0.05) is 6.07 Å². The van der Waals surface area contributed by atoms with Crippen molar-refractivity contribution in [1.29, 1.82) is 0 Å². The minimum absolute atomic E-state index is 0.105. The van der Waals surface area contributed by atoms with Gasteiger partial charge in [-0.2, -0.15) is 0 Å². The highest BCUT2D eigenvalue weighted by molar-refractivity contribution is 5.87. The Kier molecular flexibility index (Phi) is 4.11. The number of aromatic hydroxyl groups is 1. The Balaban J connectivity index is 1.64. The number of phenols is 1. The molecule has 2 aromatic carbocycles. The Hall–Kier alpha value is -3.62. The zero-order valence-corrected chi connectivity index (χ0v) is 14.3. The van der Waals surface area contributed by atoms with Crippen molar-refractivity contribution in [2.24, 2.45) is 0 Å². The quantitative estimate of drug-likeness (QED) is 0.536. The molecule has 9 heteroatoms. The molecule has 0 saturated carbocycles. The number of nitro benzene ring substituents is 1. The fourth-order valence-corrected chi connectivity index (χ4v) is 3.39. The van der Waals surface area contributed by atoms with E-state index in [9.17, 15) is 20.0 Å². The number of nitrogens with zero attached hydrogens (tertiary/aromatic N) is 4. The van der Waals surface area contributed by atoms with Gasteiger partial charge < -0.3 is 19.9 Å². The Labute approximate surface area is 153 Å². The Bertz CT molecular complexity index is 1070. The number of anilines is 2. The van der Waals surface area contributed by atoms with Crippen LogP contribution in [0.25, 0.3) is 10.9 Å². The van der Waals surface area contributed by atoms with E-state index in [1.807, 2.05) is 11.0 Å². The number of fused-ring (bicyclic) bond motifs is 1. The number of nitro groups is 1. The molecular weight excluding hydrogens is 350 g/mol. The second-order valence-corrected chi connectivity index (χ2v) is 6.34. The number of benzene rings is 2. The van der Waals surface area contributed by atoms with Crippen molar-refractivity contribution in [3.05, 3.63) is 63.2 Å². The summed E-state index contributed by atoms with van der Waals surface area (Å²) < 4.78 is 0. The first kappa shape index (κ1) is 16.8. The molecule has 9 nitrogen and oxygen atoms in total. The van der Waals surface area contributed by atoms with Crippen LogP contribution in [-0.4, -0.2) is 46.2 Å². The van der Waals surface area contributed by atoms with Gasteiger partial charge in [-0.05, 0) is 18.2 Å². The van der Waals surface area contributed by atoms with Crippen LogP contribution < -0.4 is 15.4 Å². The number of phenolic OH excluding ortho intramolecular Hbond substituents is 1. The van der Waals surface area contributed by atoms with Crippen LogP contribution in [0.4, 0.5) is 17.1 Å². The second-order valence-electron chi connectivity index (χ2n) is 6.34. The van der Waals surface area contributed by atoms with Crippen LogP contribution in [0.15, 0.2) is 47.5 Å². The summed E-state index contributed by atoms with van der Waals surface area (Å²) in [6.07, 6.45) is 1.29. The van der Waals surface area contributed by atoms with Crippen molar-refractivity contribution in [3.8, 4) is 5.75 Å². The molecule has 1 aliphatic heterocycles. The third-order valence-corrected chi connectivity index (χ3v) is 4.75. The SMILES string of the molecule is O=c1[nH]cnc2cc(N3CCN(c4cccc(O)c4)CC3)c([N+](=O)[O-])cc12. The van der Waals surface area contributed by atoms with Gasteiger partial charge in [0.05, 0.1) is 22.2 Å². The van der Waals surface area contributed by atoms with Crippen molar-refractivity contribution in [2.45, 2.75) is 0 Å². The maximum atomic E-state index is 11.9. The second kappa shape index (κ2) is 6.60. The molecule has 0 atom stereocenters. The summed E-state index contributed by atoms with van der Waals surface area (Å²) >= 11 is 0. The number of hydrogen-bond donors (Lipinski definition) is 2. The number of aromatic amines is 1. The van der Waals surface area contributed by atoms with E-state index in [2.05, 4.69) is 14.9 Å². The highest BCUT2D eigenvalue weighted by Gasteiger charge is 2.25. The van der Waals surface area contributed by atoms with Gasteiger partial charge in [-0.3, -0.25) is 14.9 Å². The molecular formula is C18H17N5O4. The van der Waals surface area contributed by atoms with E-state index in [0.717, 1.165) is 5.69 Å². The topological polar surface area (TPSA) is 116 Å². The van der Waals surface area contributed by atoms with Crippen LogP contribution in [0, 0.1) is 10.1 Å². The first-order valence-electron chi connectivity index (χ1n) is 8.48. The lowest BCUT2D eigenvalue weighted by molar-refractivity contribution is -0.384. The molecule has 0 amide bonds. The van der Waals surface area contributed by atoms with Gasteiger partial charge in [0.25, 0.3) is 11.2 Å². The average Bonchev–Trinajstić information content (AvgIpc) is 2.67. The summed E-state index contributed by atoms with van der Waals surface area (Å²) in [6, 6.07) is 9.92. The van der Waals surface area contributed by atoms with Gasteiger partial charge in [-0.15, -0.1) is 0 Å². The highest BCUT2D eigenvalue weighted by Crippen LogP contribution is 2.32. The largest absolute Gasteiger partial charge is 0.508 e. The summed E-state index contributed by atoms with van der Waals surface area (Å²) in [5.74, 6) is 0.205. The summed E-state index contributed by atoms with van der Waals surface area (Å²) in [4.78, 5) is 33.6. The van der Waals surface area contributed by atoms with Crippen LogP contribution in [0.2, 0.25) is 0 Å². The summed E-state index contributed by atoms with van der Waals surface area (Å²) in [5, 5.41) is 21.4. The normalized spacial score (nSPS) is 14.5. The molecule has 0 spiro atoms. The molecule has 27 heavy (non-hydrogen) atoms. The Morgan fingerprint density at radius 3 is 2.56 bits per heavy atom. The van der Waals surface area contributed by atoms with E-state index in [1.165, 1.54) is 12.4 Å². The molecule has 0 bridgehead atoms. The van der Waals surface area contributed by atoms with E-state index in [1.54, 1.807) is 24.3 Å². The minimum atomic E-state index is -0.469. The standard InChI is InChI=1S/C18H17N5O4/c24-13-3-1-2-12(8-13)21-4-6-22(7-5-21)16-10-15-14(9-17(16)23(26)27)18(25)20-11-19-15/h1-3,8-11,24H,4-7H2,(H,19,20,25). The zero-order valence-electron chi connectivity index (χ0n) is 14.3. The molecule has 3 aromatic rings. The first-order valence-corrected chi connectivity index (χ1v) is 8.48. The fraction of sp³-hybridized carbons (Fsp3) is 0.222. The molecule has 1 saturated heterocycles. The molecule has 2 heterocycles. The van der Waals surface area contributed by atoms with Gasteiger partial charge in [-0.25, -0.2) is 4.98 Å². The molecule has 1 fully saturated rings. The molecule has 0 unspecified atom stereocenters. The molecule has 0 aliphatic carbocycles. The van der Waals surface area contributed by atoms with Gasteiger partial charge >= 0.3 is 0 Å². The van der Waals surface area contributed by atoms with Gasteiger partial charge in [0, 0.05) is 44.0 Å². The van der Waals surface area contributed by atoms with Crippen LogP contribution >= 0.6 is 0 Å². The maximum Gasteiger partial charge on any atom is 0.293 e. The van der Waals surface area contributed by atoms with Gasteiger partial charge in [0.15, 0.2) is 0 Å². The van der Waals surface area contributed by atoms with E-state index in [-0.39, 0.29) is 16.8 Å². The lowest BCUT2D eigenvalue weighted by atomic mass is 10.1. The zero-order chi connectivity index (χ0) is 19.0. The molecule has 1 aromatic heterocycles. The number of nitrogens with one attached hydrogen (secondary N) is 1. The highest BCUT2D eigenvalue weighted by atomic mass is 16.6. The van der Waals surface area contributed by atoms with Crippen molar-refractivity contribution in [3.63, 3.8) is 0 Å². The third-order valence-electron chi connectivity index (χ3n) is 4.75. The van der Waals surface area contributed by atoms with Crippen LogP contribution in [0.3, 0.4) is 0 Å². The predicted octanol–water partition coefficient (Wildman–Crippen LogP) is 1.86. The Morgan fingerprint density at radius 1 is 1.11 bits per heavy atom. The summed E-state index contributed by atoms with van der Waals surface area (Å²) in [6.45, 7) is 2.46. The van der Waals surface area contributed by atoms with Crippen molar-refractivity contribution in [2.75, 3.05) is 36.0 Å². The van der Waals surface area contributed by atoms with Crippen LogP contribution in [0.1, 0.15) is 0 Å². The van der Waals surface area contributed by atoms with Gasteiger partial charge in [0.1, 0.15) is 11.4 Å². The van der Waals surface area contributed by atoms with E-state index >= 15 is 0 Å². The smallest absolute Gasteiger partial charge is 0.293 e. The van der Waals surface area contributed by atoms with Crippen molar-refractivity contribution >= 4 is 28.0 Å². The number of H-pyrrole nitrogens is 1. The molecule has 1 aliphatic rings. The van der Waals surface area contributed by atoms with E-state index in [0.29, 0.717) is 37.4 Å². The Morgan fingerprint density at radius 2 is 1.85 bits per heavy atom. The predicted molar refractivity (Wildman–Crippen MR) is 102 cm³/mol. The first-order chi connectivity index (χ1) is 13.0. The number of hydrogen-bond acceptors (Lipinski definition) is 7. The maximum absolute atomic E-state index is 11.9. The lowest BCUT2D eigenvalue weighted by Gasteiger charge is -2.37. The van der Waals surface area contributed by atoms with Crippen LogP contribution in [0.5, 0.6) is 5.75 Å². The molecule has 138 valence electrons. The molecule has 0 radical (unpaired) electrons. The van der Waals surface area contributed by atoms with Crippen molar-refractivity contribution in [1.82, 2.24) is 9.97 Å². The summed E-state index contributed by atoms with van der Waals surface area (Å²) in [5.41, 5.74) is 1.29. The summed E-state index contributed by atoms with van der Waals surface area (Å²) in [7, 11) is 0. The minimum Gasteiger partial charge on any atom is -0.508 e. The average molecular weight is 367 g/mol. The van der Waals surface area contributed by atoms with Gasteiger partial charge in [0.2, 0.25) is 0 Å². The van der Waals surface area contributed by atoms with E-state index < -0.39 is 10.5 Å². The molecule has 4 rings (SSSR count). The lowest BCUT2D eigenvalue weighted by Crippen LogP contribution is -2.46. The van der Waals surface area contributed by atoms with Crippen LogP contribution in [-0.2, 0) is 0 Å². The monoisotopic (exact) mass is 367 g/mol. The number of aromatic nitrogens is 2. The molecule has 2 N–H and O–H groups in total. The fourth-order valence-electron chi connectivity index (χ4n) is 3.39. The third kappa shape index (κ3) is 3.14.